The molecule has 1 aromatic carbocycles. The summed E-state index contributed by atoms with van der Waals surface area (Å²) in [6.45, 7) is 2.18. The SMILES string of the molecule is NC(Cc1ccc(O)cc1)C1CCNCC1. The van der Waals surface area contributed by atoms with Crippen molar-refractivity contribution in [1.82, 2.24) is 5.32 Å². The monoisotopic (exact) mass is 220 g/mol. The van der Waals surface area contributed by atoms with E-state index in [1.54, 1.807) is 12.1 Å². The van der Waals surface area contributed by atoms with Crippen molar-refractivity contribution in [2.45, 2.75) is 25.3 Å². The van der Waals surface area contributed by atoms with Crippen LogP contribution in [0.4, 0.5) is 0 Å². The van der Waals surface area contributed by atoms with Crippen LogP contribution in [0.2, 0.25) is 0 Å². The minimum absolute atomic E-state index is 0.242. The van der Waals surface area contributed by atoms with E-state index in [9.17, 15) is 5.11 Å². The van der Waals surface area contributed by atoms with Gasteiger partial charge in [0, 0.05) is 6.04 Å². The average molecular weight is 220 g/mol. The van der Waals surface area contributed by atoms with Gasteiger partial charge in [-0.25, -0.2) is 0 Å². The minimum atomic E-state index is 0.242. The number of hydrogen-bond acceptors (Lipinski definition) is 3. The standard InChI is InChI=1S/C13H20N2O/c14-13(11-5-7-15-8-6-11)9-10-1-3-12(16)4-2-10/h1-4,11,13,15-16H,5-9,14H2. The van der Waals surface area contributed by atoms with Crippen LogP contribution < -0.4 is 11.1 Å². The summed E-state index contributed by atoms with van der Waals surface area (Å²) in [5.41, 5.74) is 7.44. The van der Waals surface area contributed by atoms with Gasteiger partial charge in [0.15, 0.2) is 0 Å². The molecule has 1 atom stereocenters. The number of phenols is 1. The molecular formula is C13H20N2O. The molecule has 0 saturated carbocycles. The molecule has 0 amide bonds. The number of hydrogen-bond donors (Lipinski definition) is 3. The summed E-state index contributed by atoms with van der Waals surface area (Å²) in [7, 11) is 0. The fourth-order valence-electron chi connectivity index (χ4n) is 2.34. The first-order valence-electron chi connectivity index (χ1n) is 6.00. The lowest BCUT2D eigenvalue weighted by Crippen LogP contribution is -2.39. The Kier molecular flexibility index (Phi) is 3.80. The number of piperidine rings is 1. The maximum atomic E-state index is 9.20. The first-order chi connectivity index (χ1) is 7.75. The van der Waals surface area contributed by atoms with Gasteiger partial charge in [-0.1, -0.05) is 12.1 Å². The van der Waals surface area contributed by atoms with Gasteiger partial charge in [0.25, 0.3) is 0 Å². The summed E-state index contributed by atoms with van der Waals surface area (Å²) in [4.78, 5) is 0. The van der Waals surface area contributed by atoms with E-state index in [4.69, 9.17) is 5.73 Å². The molecule has 0 spiro atoms. The fourth-order valence-corrected chi connectivity index (χ4v) is 2.34. The molecule has 1 aliphatic heterocycles. The molecule has 0 aromatic heterocycles. The largest absolute Gasteiger partial charge is 0.508 e. The molecule has 2 rings (SSSR count). The van der Waals surface area contributed by atoms with Crippen molar-refractivity contribution in [3.8, 4) is 5.75 Å². The Morgan fingerprint density at radius 2 is 1.88 bits per heavy atom. The Labute approximate surface area is 96.7 Å². The van der Waals surface area contributed by atoms with Gasteiger partial charge in [-0.15, -0.1) is 0 Å². The first kappa shape index (κ1) is 11.4. The van der Waals surface area contributed by atoms with Crippen LogP contribution in [0.25, 0.3) is 0 Å². The van der Waals surface area contributed by atoms with E-state index < -0.39 is 0 Å². The maximum absolute atomic E-state index is 9.20. The zero-order chi connectivity index (χ0) is 11.4. The highest BCUT2D eigenvalue weighted by Crippen LogP contribution is 2.19. The Morgan fingerprint density at radius 1 is 1.25 bits per heavy atom. The zero-order valence-corrected chi connectivity index (χ0v) is 9.52. The number of nitrogens with two attached hydrogens (primary N) is 1. The van der Waals surface area contributed by atoms with Crippen LogP contribution in [0.1, 0.15) is 18.4 Å². The Balaban J connectivity index is 1.90. The van der Waals surface area contributed by atoms with Crippen molar-refractivity contribution < 1.29 is 5.11 Å². The van der Waals surface area contributed by atoms with Crippen LogP contribution >= 0.6 is 0 Å². The first-order valence-corrected chi connectivity index (χ1v) is 6.00. The van der Waals surface area contributed by atoms with E-state index in [0.29, 0.717) is 11.7 Å². The van der Waals surface area contributed by atoms with Gasteiger partial charge in [-0.2, -0.15) is 0 Å². The van der Waals surface area contributed by atoms with E-state index in [0.717, 1.165) is 19.5 Å². The highest BCUT2D eigenvalue weighted by atomic mass is 16.3. The van der Waals surface area contributed by atoms with Crippen molar-refractivity contribution in [3.63, 3.8) is 0 Å². The molecule has 16 heavy (non-hydrogen) atoms. The van der Waals surface area contributed by atoms with Crippen molar-refractivity contribution >= 4 is 0 Å². The van der Waals surface area contributed by atoms with Gasteiger partial charge < -0.3 is 16.2 Å². The summed E-state index contributed by atoms with van der Waals surface area (Å²) in [6, 6.07) is 7.60. The molecule has 0 bridgehead atoms. The van der Waals surface area contributed by atoms with Crippen LogP contribution in [0.3, 0.4) is 0 Å². The lowest BCUT2D eigenvalue weighted by molar-refractivity contribution is 0.316. The van der Waals surface area contributed by atoms with E-state index in [1.807, 2.05) is 12.1 Å². The molecule has 1 heterocycles. The average Bonchev–Trinajstić information content (AvgIpc) is 2.33. The summed E-state index contributed by atoms with van der Waals surface area (Å²) < 4.78 is 0. The molecule has 3 nitrogen and oxygen atoms in total. The number of nitrogens with one attached hydrogen (secondary N) is 1. The Morgan fingerprint density at radius 3 is 2.50 bits per heavy atom. The Hall–Kier alpha value is -1.06. The van der Waals surface area contributed by atoms with Gasteiger partial charge in [0.1, 0.15) is 5.75 Å². The normalized spacial score (nSPS) is 19.6. The molecule has 3 heteroatoms. The number of phenolic OH excluding ortho intramolecular Hbond substituents is 1. The maximum Gasteiger partial charge on any atom is 0.115 e. The van der Waals surface area contributed by atoms with Gasteiger partial charge in [-0.05, 0) is 56.0 Å². The van der Waals surface area contributed by atoms with Gasteiger partial charge in [0.05, 0.1) is 0 Å². The molecular weight excluding hydrogens is 200 g/mol. The molecule has 1 fully saturated rings. The second-order valence-corrected chi connectivity index (χ2v) is 4.62. The topological polar surface area (TPSA) is 58.3 Å². The number of aromatic hydroxyl groups is 1. The molecule has 4 N–H and O–H groups in total. The molecule has 1 aliphatic rings. The molecule has 88 valence electrons. The van der Waals surface area contributed by atoms with E-state index in [1.165, 1.54) is 18.4 Å². The fraction of sp³-hybridized carbons (Fsp3) is 0.538. The van der Waals surface area contributed by atoms with Crippen molar-refractivity contribution in [3.05, 3.63) is 29.8 Å². The van der Waals surface area contributed by atoms with E-state index >= 15 is 0 Å². The third-order valence-corrected chi connectivity index (χ3v) is 3.40. The molecule has 0 aliphatic carbocycles. The van der Waals surface area contributed by atoms with Crippen LogP contribution in [0, 0.1) is 5.92 Å². The van der Waals surface area contributed by atoms with Crippen molar-refractivity contribution in [2.75, 3.05) is 13.1 Å². The number of rotatable bonds is 3. The summed E-state index contributed by atoms with van der Waals surface area (Å²) in [6.07, 6.45) is 3.27. The summed E-state index contributed by atoms with van der Waals surface area (Å²) >= 11 is 0. The van der Waals surface area contributed by atoms with Gasteiger partial charge >= 0.3 is 0 Å². The molecule has 1 unspecified atom stereocenters. The number of benzene rings is 1. The highest BCUT2D eigenvalue weighted by Gasteiger charge is 2.20. The second-order valence-electron chi connectivity index (χ2n) is 4.62. The zero-order valence-electron chi connectivity index (χ0n) is 9.52. The van der Waals surface area contributed by atoms with E-state index in [-0.39, 0.29) is 6.04 Å². The third-order valence-electron chi connectivity index (χ3n) is 3.40. The predicted octanol–water partition coefficient (Wildman–Crippen LogP) is 1.26. The summed E-state index contributed by atoms with van der Waals surface area (Å²) in [5.74, 6) is 0.953. The quantitative estimate of drug-likeness (QED) is 0.719. The van der Waals surface area contributed by atoms with Crippen LogP contribution in [0.5, 0.6) is 5.75 Å². The molecule has 0 radical (unpaired) electrons. The summed E-state index contributed by atoms with van der Waals surface area (Å²) in [5, 5.41) is 12.6. The van der Waals surface area contributed by atoms with Gasteiger partial charge in [-0.3, -0.25) is 0 Å². The lowest BCUT2D eigenvalue weighted by Gasteiger charge is -2.28. The predicted molar refractivity (Wildman–Crippen MR) is 65.4 cm³/mol. The molecule has 1 saturated heterocycles. The second kappa shape index (κ2) is 5.32. The van der Waals surface area contributed by atoms with Crippen molar-refractivity contribution in [2.24, 2.45) is 11.7 Å². The van der Waals surface area contributed by atoms with Crippen LogP contribution in [-0.4, -0.2) is 24.2 Å². The van der Waals surface area contributed by atoms with Crippen LogP contribution in [-0.2, 0) is 6.42 Å². The Bertz CT molecular complexity index is 317. The van der Waals surface area contributed by atoms with E-state index in [2.05, 4.69) is 5.32 Å². The van der Waals surface area contributed by atoms with Gasteiger partial charge in [0.2, 0.25) is 0 Å². The van der Waals surface area contributed by atoms with Crippen molar-refractivity contribution in [1.29, 1.82) is 0 Å². The molecule has 1 aromatic rings. The highest BCUT2D eigenvalue weighted by molar-refractivity contribution is 5.26. The third kappa shape index (κ3) is 2.97. The smallest absolute Gasteiger partial charge is 0.115 e. The van der Waals surface area contributed by atoms with Crippen LogP contribution in [0.15, 0.2) is 24.3 Å². The minimum Gasteiger partial charge on any atom is -0.508 e. The lowest BCUT2D eigenvalue weighted by atomic mass is 9.87.